The molecule has 0 fully saturated rings. The second-order valence-electron chi connectivity index (χ2n) is 10.5. The molecule has 4 nitrogen and oxygen atoms in total. The Labute approximate surface area is 188 Å². The summed E-state index contributed by atoms with van der Waals surface area (Å²) in [6, 6.07) is 3.62. The number of allylic oxidation sites excluding steroid dienone is 2. The van der Waals surface area contributed by atoms with Crippen LogP contribution in [0.25, 0.3) is 0 Å². The van der Waals surface area contributed by atoms with Crippen LogP contribution in [0.1, 0.15) is 97.1 Å². The number of ether oxygens (including phenoxy) is 2. The van der Waals surface area contributed by atoms with Crippen LogP contribution in [0.15, 0.2) is 23.8 Å². The Kier molecular flexibility index (Phi) is 7.51. The Morgan fingerprint density at radius 1 is 1.29 bits per heavy atom. The molecule has 0 bridgehead atoms. The molecular weight excluding hydrogens is 386 g/mol. The van der Waals surface area contributed by atoms with Crippen molar-refractivity contribution in [2.24, 2.45) is 17.6 Å². The van der Waals surface area contributed by atoms with Crippen molar-refractivity contribution < 1.29 is 14.3 Å². The highest BCUT2D eigenvalue weighted by Crippen LogP contribution is 2.53. The first-order chi connectivity index (χ1) is 14.6. The van der Waals surface area contributed by atoms with Gasteiger partial charge in [-0.15, -0.1) is 0 Å². The summed E-state index contributed by atoms with van der Waals surface area (Å²) in [5.74, 6) is 2.06. The average molecular weight is 428 g/mol. The fourth-order valence-electron chi connectivity index (χ4n) is 5.16. The highest BCUT2D eigenvalue weighted by molar-refractivity contribution is 5.79. The highest BCUT2D eigenvalue weighted by Gasteiger charge is 2.45. The first-order valence-electron chi connectivity index (χ1n) is 12.1. The van der Waals surface area contributed by atoms with Crippen molar-refractivity contribution in [2.45, 2.75) is 104 Å². The van der Waals surface area contributed by atoms with Crippen LogP contribution in [0.3, 0.4) is 0 Å². The quantitative estimate of drug-likeness (QED) is 0.229. The number of unbranched alkanes of at least 4 members (excludes halogenated alkanes) is 2. The lowest BCUT2D eigenvalue weighted by atomic mass is 9.68. The van der Waals surface area contributed by atoms with Gasteiger partial charge in [0.2, 0.25) is 0 Å². The van der Waals surface area contributed by atoms with Gasteiger partial charge in [0.05, 0.1) is 0 Å². The Hall–Kier alpha value is -1.81. The van der Waals surface area contributed by atoms with Crippen molar-refractivity contribution in [1.29, 1.82) is 0 Å². The van der Waals surface area contributed by atoms with Gasteiger partial charge >= 0.3 is 5.97 Å². The highest BCUT2D eigenvalue weighted by atomic mass is 16.5. The number of hydrogen-bond donors (Lipinski definition) is 1. The van der Waals surface area contributed by atoms with Gasteiger partial charge in [0.25, 0.3) is 0 Å². The van der Waals surface area contributed by atoms with Gasteiger partial charge in [0.15, 0.2) is 0 Å². The molecule has 0 saturated carbocycles. The van der Waals surface area contributed by atoms with Crippen LogP contribution in [0.4, 0.5) is 0 Å². The topological polar surface area (TPSA) is 61.5 Å². The number of hydrogen-bond acceptors (Lipinski definition) is 4. The Morgan fingerprint density at radius 3 is 2.71 bits per heavy atom. The van der Waals surface area contributed by atoms with E-state index in [1.807, 2.05) is 0 Å². The van der Waals surface area contributed by atoms with Crippen LogP contribution in [0.2, 0.25) is 0 Å². The fraction of sp³-hybridized carbons (Fsp3) is 0.667. The van der Waals surface area contributed by atoms with E-state index in [0.29, 0.717) is 24.0 Å². The molecule has 0 saturated heterocycles. The van der Waals surface area contributed by atoms with Crippen molar-refractivity contribution in [3.05, 3.63) is 34.9 Å². The number of aryl methyl sites for hydroxylation is 1. The van der Waals surface area contributed by atoms with Gasteiger partial charge in [0, 0.05) is 17.4 Å². The van der Waals surface area contributed by atoms with Crippen molar-refractivity contribution in [3.63, 3.8) is 0 Å². The summed E-state index contributed by atoms with van der Waals surface area (Å²) in [6.45, 7) is 12.9. The Balaban J connectivity index is 2.02. The lowest BCUT2D eigenvalue weighted by Gasteiger charge is -2.46. The third kappa shape index (κ3) is 5.52. The molecule has 172 valence electrons. The Morgan fingerprint density at radius 2 is 2.03 bits per heavy atom. The molecule has 3 rings (SSSR count). The smallest absolute Gasteiger partial charge is 0.328 e. The van der Waals surface area contributed by atoms with E-state index >= 15 is 0 Å². The van der Waals surface area contributed by atoms with Crippen LogP contribution < -0.4 is 15.2 Å². The van der Waals surface area contributed by atoms with E-state index < -0.39 is 6.04 Å². The minimum Gasteiger partial charge on any atom is -0.487 e. The van der Waals surface area contributed by atoms with Gasteiger partial charge in [-0.25, -0.2) is 4.79 Å². The lowest BCUT2D eigenvalue weighted by molar-refractivity contribution is -0.136. The number of carbonyl (C=O) groups excluding carboxylic acids is 1. The van der Waals surface area contributed by atoms with E-state index in [0.717, 1.165) is 42.6 Å². The van der Waals surface area contributed by atoms with E-state index in [1.54, 1.807) is 0 Å². The third-order valence-corrected chi connectivity index (χ3v) is 6.82. The normalized spacial score (nSPS) is 22.8. The number of benzene rings is 1. The maximum absolute atomic E-state index is 12.9. The molecule has 4 heteroatoms. The van der Waals surface area contributed by atoms with Crippen molar-refractivity contribution in [3.8, 4) is 11.5 Å². The average Bonchev–Trinajstić information content (AvgIpc) is 2.66. The molecule has 31 heavy (non-hydrogen) atoms. The van der Waals surface area contributed by atoms with E-state index in [1.165, 1.54) is 18.4 Å². The monoisotopic (exact) mass is 427 g/mol. The fourth-order valence-corrected chi connectivity index (χ4v) is 5.16. The molecule has 1 aliphatic heterocycles. The van der Waals surface area contributed by atoms with Crippen LogP contribution in [0, 0.1) is 11.8 Å². The predicted octanol–water partition coefficient (Wildman–Crippen LogP) is 6.31. The molecule has 1 aromatic rings. The van der Waals surface area contributed by atoms with Gasteiger partial charge in [-0.05, 0) is 76.5 Å². The molecule has 0 amide bonds. The SMILES string of the molecule is CCCCCc1cc(OC(=O)[C@@H](N)CC(C)C)c2c(c1)OC(C)(C)C1CCC(C)=CC21. The van der Waals surface area contributed by atoms with Crippen molar-refractivity contribution in [2.75, 3.05) is 0 Å². The van der Waals surface area contributed by atoms with Crippen LogP contribution >= 0.6 is 0 Å². The molecule has 2 unspecified atom stereocenters. The minimum atomic E-state index is -0.611. The van der Waals surface area contributed by atoms with Gasteiger partial charge in [-0.1, -0.05) is 45.3 Å². The standard InChI is InChI=1S/C27H41NO3/c1-7-8-9-10-19-15-23(30-26(29)22(28)13-17(2)3)25-20-14-18(4)11-12-21(20)27(5,6)31-24(25)16-19/h14-17,20-22H,7-13,28H2,1-6H3/t20?,21?,22-/m0/s1. The molecule has 1 aliphatic carbocycles. The molecular formula is C27H41NO3. The van der Waals surface area contributed by atoms with Crippen LogP contribution in [-0.2, 0) is 11.2 Å². The Bertz CT molecular complexity index is 824. The number of carbonyl (C=O) groups is 1. The molecule has 1 heterocycles. The summed E-state index contributed by atoms with van der Waals surface area (Å²) < 4.78 is 12.6. The first-order valence-corrected chi connectivity index (χ1v) is 12.1. The summed E-state index contributed by atoms with van der Waals surface area (Å²) >= 11 is 0. The largest absolute Gasteiger partial charge is 0.487 e. The van der Waals surface area contributed by atoms with E-state index in [-0.39, 0.29) is 17.5 Å². The molecule has 0 radical (unpaired) electrons. The van der Waals surface area contributed by atoms with Crippen molar-refractivity contribution in [1.82, 2.24) is 0 Å². The van der Waals surface area contributed by atoms with Crippen LogP contribution in [-0.4, -0.2) is 17.6 Å². The molecule has 1 aromatic carbocycles. The minimum absolute atomic E-state index is 0.196. The molecule has 0 spiro atoms. The maximum Gasteiger partial charge on any atom is 0.328 e. The van der Waals surface area contributed by atoms with E-state index in [9.17, 15) is 4.79 Å². The third-order valence-electron chi connectivity index (χ3n) is 6.82. The molecule has 2 aliphatic rings. The molecule has 0 aromatic heterocycles. The van der Waals surface area contributed by atoms with E-state index in [4.69, 9.17) is 15.2 Å². The number of rotatable bonds is 8. The van der Waals surface area contributed by atoms with Crippen molar-refractivity contribution >= 4 is 5.97 Å². The summed E-state index contributed by atoms with van der Waals surface area (Å²) in [5, 5.41) is 0. The number of nitrogens with two attached hydrogens (primary N) is 1. The zero-order chi connectivity index (χ0) is 22.8. The van der Waals surface area contributed by atoms with Gasteiger partial charge < -0.3 is 15.2 Å². The maximum atomic E-state index is 12.9. The number of fused-ring (bicyclic) bond motifs is 3. The lowest BCUT2D eigenvalue weighted by Crippen LogP contribution is -2.45. The van der Waals surface area contributed by atoms with E-state index in [2.05, 4.69) is 59.8 Å². The summed E-state index contributed by atoms with van der Waals surface area (Å²) in [5.41, 5.74) is 9.48. The summed E-state index contributed by atoms with van der Waals surface area (Å²) in [6.07, 6.45) is 9.58. The molecule has 2 N–H and O–H groups in total. The second kappa shape index (κ2) is 9.77. The zero-order valence-electron chi connectivity index (χ0n) is 20.3. The second-order valence-corrected chi connectivity index (χ2v) is 10.5. The van der Waals surface area contributed by atoms with Gasteiger partial charge in [-0.3, -0.25) is 0 Å². The summed E-state index contributed by atoms with van der Waals surface area (Å²) in [7, 11) is 0. The van der Waals surface area contributed by atoms with Crippen LogP contribution in [0.5, 0.6) is 11.5 Å². The van der Waals surface area contributed by atoms with Gasteiger partial charge in [0.1, 0.15) is 23.1 Å². The molecule has 3 atom stereocenters. The predicted molar refractivity (Wildman–Crippen MR) is 127 cm³/mol. The summed E-state index contributed by atoms with van der Waals surface area (Å²) in [4.78, 5) is 12.9. The number of esters is 1. The van der Waals surface area contributed by atoms with Gasteiger partial charge in [-0.2, -0.15) is 0 Å². The zero-order valence-corrected chi connectivity index (χ0v) is 20.3. The first kappa shape index (κ1) is 23.8.